The molecule has 3 heterocycles. The zero-order chi connectivity index (χ0) is 21.3. The van der Waals surface area contributed by atoms with Crippen molar-refractivity contribution in [3.05, 3.63) is 69.6 Å². The van der Waals surface area contributed by atoms with Crippen LogP contribution in [-0.2, 0) is 16.4 Å². The Balaban J connectivity index is 1.54. The molecule has 0 radical (unpaired) electrons. The van der Waals surface area contributed by atoms with Crippen molar-refractivity contribution in [2.75, 3.05) is 24.6 Å². The molecule has 2 aliphatic heterocycles. The van der Waals surface area contributed by atoms with E-state index < -0.39 is 21.8 Å². The molecule has 2 atom stereocenters. The highest BCUT2D eigenvalue weighted by molar-refractivity contribution is 7.91. The Hall–Kier alpha value is -2.45. The van der Waals surface area contributed by atoms with Gasteiger partial charge in [0.25, 0.3) is 11.5 Å². The molecule has 7 nitrogen and oxygen atoms in total. The van der Waals surface area contributed by atoms with Gasteiger partial charge in [0.2, 0.25) is 0 Å². The Bertz CT molecular complexity index is 1100. The van der Waals surface area contributed by atoms with E-state index >= 15 is 0 Å². The number of hydrogen-bond acceptors (Lipinski definition) is 5. The van der Waals surface area contributed by atoms with Crippen molar-refractivity contribution in [2.45, 2.75) is 38.4 Å². The second kappa shape index (κ2) is 8.35. The first-order valence-electron chi connectivity index (χ1n) is 10.3. The van der Waals surface area contributed by atoms with E-state index in [1.807, 2.05) is 31.2 Å². The third-order valence-corrected chi connectivity index (χ3v) is 7.67. The van der Waals surface area contributed by atoms with Gasteiger partial charge < -0.3 is 9.88 Å². The number of nitrogens with zero attached hydrogens (tertiary/aromatic N) is 2. The van der Waals surface area contributed by atoms with E-state index in [0.717, 1.165) is 37.1 Å². The van der Waals surface area contributed by atoms with Crippen molar-refractivity contribution in [3.8, 4) is 0 Å². The smallest absolute Gasteiger partial charge is 0.263 e. The fourth-order valence-corrected chi connectivity index (χ4v) is 6.44. The molecule has 1 N–H and O–H groups in total. The minimum Gasteiger partial charge on any atom is -0.346 e. The number of carbonyl (C=O) groups excluding carboxylic acids is 1. The number of amides is 1. The van der Waals surface area contributed by atoms with Gasteiger partial charge in [0.15, 0.2) is 9.84 Å². The molecule has 0 aliphatic carbocycles. The quantitative estimate of drug-likeness (QED) is 0.772. The number of benzene rings is 1. The van der Waals surface area contributed by atoms with Gasteiger partial charge in [-0.05, 0) is 50.6 Å². The normalized spacial score (nSPS) is 23.5. The van der Waals surface area contributed by atoms with E-state index in [0.29, 0.717) is 6.54 Å². The summed E-state index contributed by atoms with van der Waals surface area (Å²) in [6.07, 6.45) is 3.74. The van der Waals surface area contributed by atoms with Crippen LogP contribution < -0.4 is 10.9 Å². The van der Waals surface area contributed by atoms with Crippen LogP contribution in [0.5, 0.6) is 0 Å². The molecule has 0 spiro atoms. The molecule has 1 amide bonds. The predicted molar refractivity (Wildman–Crippen MR) is 115 cm³/mol. The molecule has 0 saturated carbocycles. The Kier molecular flexibility index (Phi) is 5.79. The number of aryl methyl sites for hydroxylation is 1. The molecule has 1 aromatic carbocycles. The zero-order valence-electron chi connectivity index (χ0n) is 17.1. The topological polar surface area (TPSA) is 88.5 Å². The molecular formula is C22H27N3O4S. The lowest BCUT2D eigenvalue weighted by atomic mass is 10.1. The lowest BCUT2D eigenvalue weighted by molar-refractivity contribution is 0.0916. The van der Waals surface area contributed by atoms with Gasteiger partial charge in [-0.3, -0.25) is 14.5 Å². The van der Waals surface area contributed by atoms with Crippen molar-refractivity contribution in [2.24, 2.45) is 0 Å². The van der Waals surface area contributed by atoms with Gasteiger partial charge in [-0.2, -0.15) is 0 Å². The van der Waals surface area contributed by atoms with Crippen LogP contribution in [0.2, 0.25) is 0 Å². The van der Waals surface area contributed by atoms with Crippen LogP contribution in [0.3, 0.4) is 0 Å². The first-order valence-corrected chi connectivity index (χ1v) is 12.1. The Labute approximate surface area is 176 Å². The number of likely N-dealkylation sites (tertiary alicyclic amines) is 1. The van der Waals surface area contributed by atoms with E-state index in [4.69, 9.17) is 0 Å². The molecule has 1 aromatic heterocycles. The van der Waals surface area contributed by atoms with Gasteiger partial charge in [0.1, 0.15) is 5.56 Å². The van der Waals surface area contributed by atoms with Crippen LogP contribution in [0.25, 0.3) is 0 Å². The maximum atomic E-state index is 12.9. The van der Waals surface area contributed by atoms with Crippen molar-refractivity contribution < 1.29 is 13.2 Å². The van der Waals surface area contributed by atoms with Crippen LogP contribution in [-0.4, -0.2) is 60.5 Å². The number of nitrogens with one attached hydrogen (secondary N) is 1. The summed E-state index contributed by atoms with van der Waals surface area (Å²) in [5.74, 6) is -0.529. The summed E-state index contributed by atoms with van der Waals surface area (Å²) in [6.45, 7) is 4.06. The third kappa shape index (κ3) is 4.49. The summed E-state index contributed by atoms with van der Waals surface area (Å²) in [6, 6.07) is 10.3. The van der Waals surface area contributed by atoms with Crippen LogP contribution in [0.15, 0.2) is 47.4 Å². The van der Waals surface area contributed by atoms with E-state index in [1.165, 1.54) is 10.6 Å². The average molecular weight is 430 g/mol. The van der Waals surface area contributed by atoms with Crippen LogP contribution in [0.4, 0.5) is 0 Å². The summed E-state index contributed by atoms with van der Waals surface area (Å²) in [5, 5.41) is 2.85. The molecule has 2 aromatic rings. The SMILES string of the molecule is Cc1cccc(Cn2cccc(C(=O)NC3CS(=O)(=O)CC3N3CCCC3)c2=O)c1. The van der Waals surface area contributed by atoms with Gasteiger partial charge in [0.05, 0.1) is 24.1 Å². The molecule has 2 aliphatic rings. The number of aromatic nitrogens is 1. The Morgan fingerprint density at radius 2 is 1.90 bits per heavy atom. The first-order chi connectivity index (χ1) is 14.3. The third-order valence-electron chi connectivity index (χ3n) is 5.95. The lowest BCUT2D eigenvalue weighted by Gasteiger charge is -2.28. The summed E-state index contributed by atoms with van der Waals surface area (Å²) < 4.78 is 26.0. The predicted octanol–water partition coefficient (Wildman–Crippen LogP) is 1.20. The molecule has 0 bridgehead atoms. The molecule has 160 valence electrons. The molecule has 2 saturated heterocycles. The highest BCUT2D eigenvalue weighted by Crippen LogP contribution is 2.23. The van der Waals surface area contributed by atoms with Crippen LogP contribution in [0, 0.1) is 6.92 Å². The highest BCUT2D eigenvalue weighted by atomic mass is 32.2. The molecule has 2 fully saturated rings. The van der Waals surface area contributed by atoms with Gasteiger partial charge in [-0.1, -0.05) is 29.8 Å². The number of pyridine rings is 1. The Morgan fingerprint density at radius 3 is 2.63 bits per heavy atom. The number of sulfone groups is 1. The molecule has 4 rings (SSSR count). The standard InChI is InChI=1S/C22H27N3O4S/c1-16-6-4-7-17(12-16)13-25-11-5-8-18(22(25)27)21(26)23-19-14-30(28,29)15-20(19)24-9-2-3-10-24/h4-8,11-12,19-20H,2-3,9-10,13-15H2,1H3,(H,23,26). The average Bonchev–Trinajstić information content (AvgIpc) is 3.31. The largest absolute Gasteiger partial charge is 0.346 e. The minimum absolute atomic E-state index is 0.0367. The van der Waals surface area contributed by atoms with Crippen molar-refractivity contribution in [1.29, 1.82) is 0 Å². The maximum Gasteiger partial charge on any atom is 0.263 e. The summed E-state index contributed by atoms with van der Waals surface area (Å²) in [5.41, 5.74) is 1.74. The molecular weight excluding hydrogens is 402 g/mol. The van der Waals surface area contributed by atoms with E-state index in [9.17, 15) is 18.0 Å². The van der Waals surface area contributed by atoms with Gasteiger partial charge in [-0.15, -0.1) is 0 Å². The van der Waals surface area contributed by atoms with E-state index in [1.54, 1.807) is 12.3 Å². The molecule has 8 heteroatoms. The second-order valence-electron chi connectivity index (χ2n) is 8.31. The van der Waals surface area contributed by atoms with Crippen molar-refractivity contribution >= 4 is 15.7 Å². The van der Waals surface area contributed by atoms with E-state index in [2.05, 4.69) is 10.2 Å². The maximum absolute atomic E-state index is 12.9. The monoisotopic (exact) mass is 429 g/mol. The van der Waals surface area contributed by atoms with Crippen molar-refractivity contribution in [3.63, 3.8) is 0 Å². The first kappa shape index (κ1) is 20.8. The number of carbonyl (C=O) groups is 1. The molecule has 2 unspecified atom stereocenters. The fraction of sp³-hybridized carbons (Fsp3) is 0.455. The Morgan fingerprint density at radius 1 is 1.13 bits per heavy atom. The zero-order valence-corrected chi connectivity index (χ0v) is 17.9. The lowest BCUT2D eigenvalue weighted by Crippen LogP contribution is -2.51. The van der Waals surface area contributed by atoms with E-state index in [-0.39, 0.29) is 28.7 Å². The van der Waals surface area contributed by atoms with Crippen LogP contribution >= 0.6 is 0 Å². The number of hydrogen-bond donors (Lipinski definition) is 1. The minimum atomic E-state index is -3.21. The van der Waals surface area contributed by atoms with Crippen molar-refractivity contribution in [1.82, 2.24) is 14.8 Å². The summed E-state index contributed by atoms with van der Waals surface area (Å²) >= 11 is 0. The van der Waals surface area contributed by atoms with Gasteiger partial charge in [-0.25, -0.2) is 8.42 Å². The van der Waals surface area contributed by atoms with Crippen LogP contribution in [0.1, 0.15) is 34.3 Å². The fourth-order valence-electron chi connectivity index (χ4n) is 4.49. The summed E-state index contributed by atoms with van der Waals surface area (Å²) in [7, 11) is -3.21. The summed E-state index contributed by atoms with van der Waals surface area (Å²) in [4.78, 5) is 28.0. The van der Waals surface area contributed by atoms with Gasteiger partial charge >= 0.3 is 0 Å². The van der Waals surface area contributed by atoms with Gasteiger partial charge in [0, 0.05) is 12.2 Å². The second-order valence-corrected chi connectivity index (χ2v) is 10.5. The molecule has 30 heavy (non-hydrogen) atoms. The highest BCUT2D eigenvalue weighted by Gasteiger charge is 2.42. The number of rotatable bonds is 5.